The van der Waals surface area contributed by atoms with Crippen LogP contribution in [0.1, 0.15) is 43.2 Å². The van der Waals surface area contributed by atoms with E-state index >= 15 is 0 Å². The van der Waals surface area contributed by atoms with Crippen LogP contribution in [0, 0.1) is 0 Å². The highest BCUT2D eigenvalue weighted by Crippen LogP contribution is 2.43. The normalized spacial score (nSPS) is 28.8. The Morgan fingerprint density at radius 1 is 1.44 bits per heavy atom. The molecule has 0 saturated carbocycles. The molecular formula is C14H21NO. The lowest BCUT2D eigenvalue weighted by molar-refractivity contribution is 0.219. The summed E-state index contributed by atoms with van der Waals surface area (Å²) >= 11 is 0. The van der Waals surface area contributed by atoms with Crippen LogP contribution in [-0.2, 0) is 5.41 Å². The molecule has 3 N–H and O–H groups in total. The summed E-state index contributed by atoms with van der Waals surface area (Å²) in [4.78, 5) is 0. The Labute approximate surface area is 97.5 Å². The first-order chi connectivity index (χ1) is 7.73. The molecule has 0 saturated heterocycles. The molecule has 1 aromatic carbocycles. The first-order valence-electron chi connectivity index (χ1n) is 6.14. The Bertz CT molecular complexity index is 364. The van der Waals surface area contributed by atoms with Gasteiger partial charge in [-0.15, -0.1) is 0 Å². The maximum absolute atomic E-state index is 9.25. The Hall–Kier alpha value is -0.860. The molecule has 16 heavy (non-hydrogen) atoms. The van der Waals surface area contributed by atoms with Crippen molar-refractivity contribution in [2.75, 3.05) is 13.2 Å². The molecule has 1 aliphatic rings. The summed E-state index contributed by atoms with van der Waals surface area (Å²) < 4.78 is 0. The number of aliphatic hydroxyl groups is 1. The van der Waals surface area contributed by atoms with Crippen molar-refractivity contribution in [3.63, 3.8) is 0 Å². The lowest BCUT2D eigenvalue weighted by atomic mass is 9.65. The van der Waals surface area contributed by atoms with Crippen LogP contribution in [0.2, 0.25) is 0 Å². The van der Waals surface area contributed by atoms with Crippen molar-refractivity contribution in [1.82, 2.24) is 0 Å². The van der Waals surface area contributed by atoms with Gasteiger partial charge in [-0.25, -0.2) is 0 Å². The van der Waals surface area contributed by atoms with Gasteiger partial charge in [-0.1, -0.05) is 31.2 Å². The average molecular weight is 219 g/mol. The third-order valence-corrected chi connectivity index (χ3v) is 4.10. The van der Waals surface area contributed by atoms with E-state index in [2.05, 4.69) is 31.2 Å². The van der Waals surface area contributed by atoms with Crippen LogP contribution in [-0.4, -0.2) is 18.3 Å². The second kappa shape index (κ2) is 4.56. The van der Waals surface area contributed by atoms with Gasteiger partial charge < -0.3 is 10.8 Å². The van der Waals surface area contributed by atoms with Crippen molar-refractivity contribution >= 4 is 0 Å². The van der Waals surface area contributed by atoms with Crippen LogP contribution >= 0.6 is 0 Å². The van der Waals surface area contributed by atoms with Gasteiger partial charge in [0.25, 0.3) is 0 Å². The quantitative estimate of drug-likeness (QED) is 0.818. The smallest absolute Gasteiger partial charge is 0.0440 e. The Balaban J connectivity index is 2.47. The molecule has 0 aromatic heterocycles. The zero-order valence-corrected chi connectivity index (χ0v) is 9.95. The molecule has 0 heterocycles. The summed E-state index contributed by atoms with van der Waals surface area (Å²) in [5, 5.41) is 9.25. The van der Waals surface area contributed by atoms with Crippen LogP contribution in [0.25, 0.3) is 0 Å². The molecular weight excluding hydrogens is 198 g/mol. The van der Waals surface area contributed by atoms with Crippen molar-refractivity contribution in [2.24, 2.45) is 5.73 Å². The second-order valence-corrected chi connectivity index (χ2v) is 4.99. The summed E-state index contributed by atoms with van der Waals surface area (Å²) in [6, 6.07) is 8.58. The number of fused-ring (bicyclic) bond motifs is 1. The topological polar surface area (TPSA) is 46.2 Å². The van der Waals surface area contributed by atoms with Gasteiger partial charge in [0.1, 0.15) is 0 Å². The third-order valence-electron chi connectivity index (χ3n) is 4.10. The van der Waals surface area contributed by atoms with Crippen molar-refractivity contribution < 1.29 is 5.11 Å². The second-order valence-electron chi connectivity index (χ2n) is 4.99. The standard InChI is InChI=1S/C14H21NO/c1-11-6-7-14(10-15,8-9-16)13-5-3-2-4-12(11)13/h2-5,11,16H,6-10,15H2,1H3. The van der Waals surface area contributed by atoms with E-state index in [0.29, 0.717) is 12.5 Å². The largest absolute Gasteiger partial charge is 0.396 e. The molecule has 0 radical (unpaired) electrons. The Morgan fingerprint density at radius 2 is 2.19 bits per heavy atom. The van der Waals surface area contributed by atoms with Gasteiger partial charge in [0, 0.05) is 18.6 Å². The van der Waals surface area contributed by atoms with Gasteiger partial charge >= 0.3 is 0 Å². The SMILES string of the molecule is CC1CCC(CN)(CCO)c2ccccc21. The fourth-order valence-corrected chi connectivity index (χ4v) is 2.98. The van der Waals surface area contributed by atoms with E-state index in [1.54, 1.807) is 0 Å². The molecule has 2 atom stereocenters. The summed E-state index contributed by atoms with van der Waals surface area (Å²) in [6.07, 6.45) is 3.06. The maximum atomic E-state index is 9.25. The third kappa shape index (κ3) is 1.76. The molecule has 2 rings (SSSR count). The van der Waals surface area contributed by atoms with Gasteiger partial charge in [0.2, 0.25) is 0 Å². The minimum absolute atomic E-state index is 0.0118. The van der Waals surface area contributed by atoms with Crippen LogP contribution in [0.3, 0.4) is 0 Å². The Morgan fingerprint density at radius 3 is 2.88 bits per heavy atom. The predicted octanol–water partition coefficient (Wildman–Crippen LogP) is 2.16. The van der Waals surface area contributed by atoms with Gasteiger partial charge in [-0.3, -0.25) is 0 Å². The molecule has 2 unspecified atom stereocenters. The lowest BCUT2D eigenvalue weighted by Gasteiger charge is -2.40. The molecule has 0 aliphatic heterocycles. The molecule has 2 heteroatoms. The molecule has 88 valence electrons. The monoisotopic (exact) mass is 219 g/mol. The van der Waals surface area contributed by atoms with E-state index in [1.165, 1.54) is 17.5 Å². The number of hydrogen-bond acceptors (Lipinski definition) is 2. The van der Waals surface area contributed by atoms with Crippen molar-refractivity contribution in [3.8, 4) is 0 Å². The van der Waals surface area contributed by atoms with E-state index in [0.717, 1.165) is 12.8 Å². The zero-order chi connectivity index (χ0) is 11.6. The highest BCUT2D eigenvalue weighted by Gasteiger charge is 2.36. The van der Waals surface area contributed by atoms with Crippen LogP contribution in [0.15, 0.2) is 24.3 Å². The highest BCUT2D eigenvalue weighted by molar-refractivity contribution is 5.39. The summed E-state index contributed by atoms with van der Waals surface area (Å²) in [6.45, 7) is 3.13. The van der Waals surface area contributed by atoms with E-state index in [4.69, 9.17) is 5.73 Å². The minimum Gasteiger partial charge on any atom is -0.396 e. The molecule has 0 bridgehead atoms. The van der Waals surface area contributed by atoms with E-state index in [1.807, 2.05) is 0 Å². The zero-order valence-electron chi connectivity index (χ0n) is 9.95. The fourth-order valence-electron chi connectivity index (χ4n) is 2.98. The molecule has 1 aromatic rings. The molecule has 0 spiro atoms. The summed E-state index contributed by atoms with van der Waals surface area (Å²) in [5.41, 5.74) is 8.78. The summed E-state index contributed by atoms with van der Waals surface area (Å²) in [5.74, 6) is 0.620. The van der Waals surface area contributed by atoms with Crippen LogP contribution in [0.5, 0.6) is 0 Å². The molecule has 0 fully saturated rings. The van der Waals surface area contributed by atoms with Crippen LogP contribution < -0.4 is 5.73 Å². The average Bonchev–Trinajstić information content (AvgIpc) is 2.34. The van der Waals surface area contributed by atoms with Gasteiger partial charge in [-0.2, -0.15) is 0 Å². The first kappa shape index (κ1) is 11.6. The number of rotatable bonds is 3. The predicted molar refractivity (Wildman–Crippen MR) is 66.5 cm³/mol. The number of nitrogens with two attached hydrogens (primary N) is 1. The Kier molecular flexibility index (Phi) is 3.31. The molecule has 0 amide bonds. The van der Waals surface area contributed by atoms with Crippen molar-refractivity contribution in [3.05, 3.63) is 35.4 Å². The van der Waals surface area contributed by atoms with Gasteiger partial charge in [0.15, 0.2) is 0 Å². The summed E-state index contributed by atoms with van der Waals surface area (Å²) in [7, 11) is 0. The first-order valence-corrected chi connectivity index (χ1v) is 6.14. The van der Waals surface area contributed by atoms with Gasteiger partial charge in [-0.05, 0) is 36.3 Å². The van der Waals surface area contributed by atoms with Gasteiger partial charge in [0.05, 0.1) is 0 Å². The molecule has 1 aliphatic carbocycles. The highest BCUT2D eigenvalue weighted by atomic mass is 16.3. The number of benzene rings is 1. The molecule has 2 nitrogen and oxygen atoms in total. The van der Waals surface area contributed by atoms with Crippen molar-refractivity contribution in [2.45, 2.75) is 37.5 Å². The van der Waals surface area contributed by atoms with E-state index in [9.17, 15) is 5.11 Å². The van der Waals surface area contributed by atoms with Crippen LogP contribution in [0.4, 0.5) is 0 Å². The number of hydrogen-bond donors (Lipinski definition) is 2. The van der Waals surface area contributed by atoms with E-state index in [-0.39, 0.29) is 12.0 Å². The lowest BCUT2D eigenvalue weighted by Crippen LogP contribution is -2.40. The van der Waals surface area contributed by atoms with E-state index < -0.39 is 0 Å². The van der Waals surface area contributed by atoms with Crippen molar-refractivity contribution in [1.29, 1.82) is 0 Å². The fraction of sp³-hybridized carbons (Fsp3) is 0.571. The maximum Gasteiger partial charge on any atom is 0.0440 e. The minimum atomic E-state index is 0.0118. The number of aliphatic hydroxyl groups excluding tert-OH is 1.